The number of aromatic nitrogens is 4. The van der Waals surface area contributed by atoms with E-state index >= 15 is 0 Å². The molecule has 3 rings (SSSR count). The van der Waals surface area contributed by atoms with Crippen LogP contribution in [0.15, 0.2) is 18.6 Å². The Hall–Kier alpha value is -2.73. The number of nitrogens with zero attached hydrogens (tertiary/aromatic N) is 4. The normalized spacial score (nSPS) is 18.4. The number of nitrogens with one attached hydrogen (secondary N) is 3. The average molecular weight is 421 g/mol. The Morgan fingerprint density at radius 1 is 1.25 bits per heavy atom. The topological polar surface area (TPSA) is 148 Å². The summed E-state index contributed by atoms with van der Waals surface area (Å²) in [4.78, 5) is 31.8. The Morgan fingerprint density at radius 3 is 2.86 bits per heavy atom. The second-order valence-electron chi connectivity index (χ2n) is 6.49. The quantitative estimate of drug-likeness (QED) is 0.390. The third-order valence-corrected chi connectivity index (χ3v) is 5.46. The van der Waals surface area contributed by atoms with Gasteiger partial charge in [-0.25, -0.2) is 9.97 Å². The molecule has 2 heterocycles. The smallest absolute Gasteiger partial charge is 0.238 e. The minimum Gasteiger partial charge on any atom is -0.375 e. The van der Waals surface area contributed by atoms with Crippen molar-refractivity contribution < 1.29 is 9.59 Å². The highest BCUT2D eigenvalue weighted by Crippen LogP contribution is 2.41. The van der Waals surface area contributed by atoms with Crippen molar-refractivity contribution in [3.63, 3.8) is 0 Å². The van der Waals surface area contributed by atoms with Crippen LogP contribution in [0, 0.1) is 5.92 Å². The Morgan fingerprint density at radius 2 is 2.11 bits per heavy atom. The van der Waals surface area contributed by atoms with E-state index in [1.54, 1.807) is 12.3 Å². The van der Waals surface area contributed by atoms with E-state index < -0.39 is 0 Å². The van der Waals surface area contributed by atoms with Crippen LogP contribution in [0.1, 0.15) is 42.3 Å². The van der Waals surface area contributed by atoms with Crippen molar-refractivity contribution in [3.8, 4) is 0 Å². The van der Waals surface area contributed by atoms with Crippen LogP contribution >= 0.6 is 23.6 Å². The molecule has 2 atom stereocenters. The van der Waals surface area contributed by atoms with E-state index in [2.05, 4.69) is 48.6 Å². The van der Waals surface area contributed by atoms with Crippen molar-refractivity contribution in [1.29, 1.82) is 0 Å². The van der Waals surface area contributed by atoms with Gasteiger partial charge in [0.25, 0.3) is 0 Å². The minimum atomic E-state index is -0.201. The first-order chi connectivity index (χ1) is 13.5. The summed E-state index contributed by atoms with van der Waals surface area (Å²) < 4.78 is 0. The Labute approximate surface area is 170 Å². The third-order valence-electron chi connectivity index (χ3n) is 4.36. The van der Waals surface area contributed by atoms with Crippen LogP contribution in [0.25, 0.3) is 0 Å². The van der Waals surface area contributed by atoms with Crippen molar-refractivity contribution in [2.24, 2.45) is 11.7 Å². The maximum atomic E-state index is 12.1. The van der Waals surface area contributed by atoms with Gasteiger partial charge in [0.2, 0.25) is 16.9 Å². The Kier molecular flexibility index (Phi) is 6.76. The van der Waals surface area contributed by atoms with Crippen molar-refractivity contribution in [2.45, 2.75) is 38.0 Å². The number of carbonyl (C=O) groups excluding carboxylic acids is 2. The molecule has 1 saturated carbocycles. The molecule has 1 aliphatic rings. The second-order valence-corrected chi connectivity index (χ2v) is 7.94. The molecule has 0 aliphatic heterocycles. The van der Waals surface area contributed by atoms with Gasteiger partial charge in [-0.15, -0.1) is 10.2 Å². The van der Waals surface area contributed by atoms with Gasteiger partial charge in [0.15, 0.2) is 5.11 Å². The highest BCUT2D eigenvalue weighted by Gasteiger charge is 2.30. The number of hydrazine groups is 1. The summed E-state index contributed by atoms with van der Waals surface area (Å²) in [5.41, 5.74) is 10.8. The van der Waals surface area contributed by atoms with Gasteiger partial charge in [-0.3, -0.25) is 20.4 Å². The van der Waals surface area contributed by atoms with E-state index in [4.69, 9.17) is 5.73 Å². The molecule has 0 unspecified atom stereocenters. The molecule has 2 aromatic rings. The van der Waals surface area contributed by atoms with Gasteiger partial charge in [-0.05, 0) is 43.5 Å². The molecular formula is C16H20N8O2S2. The molecule has 0 radical (unpaired) electrons. The number of hydrogen-bond acceptors (Lipinski definition) is 8. The molecule has 1 fully saturated rings. The van der Waals surface area contributed by atoms with E-state index in [0.29, 0.717) is 17.2 Å². The summed E-state index contributed by atoms with van der Waals surface area (Å²) in [5, 5.41) is 12.4. The maximum Gasteiger partial charge on any atom is 0.238 e. The SMILES string of the molecule is NC(=S)NNC(=O)C[C@H]1CC[C@@H](c2nnc(NC(=O)Cc3ccncn3)s2)C1. The molecular weight excluding hydrogens is 400 g/mol. The number of anilines is 1. The van der Waals surface area contributed by atoms with Gasteiger partial charge in [-0.2, -0.15) is 0 Å². The first-order valence-electron chi connectivity index (χ1n) is 8.72. The lowest BCUT2D eigenvalue weighted by molar-refractivity contribution is -0.122. The van der Waals surface area contributed by atoms with Crippen LogP contribution in [-0.4, -0.2) is 37.1 Å². The van der Waals surface area contributed by atoms with Crippen molar-refractivity contribution in [1.82, 2.24) is 31.0 Å². The molecule has 0 saturated heterocycles. The molecule has 148 valence electrons. The lowest BCUT2D eigenvalue weighted by Gasteiger charge is -2.10. The predicted octanol–water partition coefficient (Wildman–Crippen LogP) is 0.647. The average Bonchev–Trinajstić information content (AvgIpc) is 3.30. The van der Waals surface area contributed by atoms with Crippen molar-refractivity contribution in [2.75, 3.05) is 5.32 Å². The monoisotopic (exact) mass is 420 g/mol. The van der Waals surface area contributed by atoms with Crippen LogP contribution in [0.2, 0.25) is 0 Å². The van der Waals surface area contributed by atoms with E-state index in [1.165, 1.54) is 17.7 Å². The van der Waals surface area contributed by atoms with Gasteiger partial charge in [0.05, 0.1) is 12.1 Å². The summed E-state index contributed by atoms with van der Waals surface area (Å²) in [6, 6.07) is 1.69. The molecule has 5 N–H and O–H groups in total. The number of amides is 2. The molecule has 12 heteroatoms. The number of carbonyl (C=O) groups is 2. The molecule has 28 heavy (non-hydrogen) atoms. The summed E-state index contributed by atoms with van der Waals surface area (Å²) in [6.45, 7) is 0. The first-order valence-corrected chi connectivity index (χ1v) is 9.94. The standard InChI is InChI=1S/C16H20N8O2S2/c17-15(27)23-21-13(26)6-9-1-2-10(5-9)14-22-24-16(28-14)20-12(25)7-11-3-4-18-8-19-11/h3-4,8-10H,1-2,5-7H2,(H,21,26)(H3,17,23,27)(H,20,24,25)/t9-,10+/m0/s1. The number of nitrogens with two attached hydrogens (primary N) is 1. The zero-order chi connectivity index (χ0) is 19.9. The van der Waals surface area contributed by atoms with Crippen molar-refractivity contribution >= 4 is 45.6 Å². The fourth-order valence-corrected chi connectivity index (χ4v) is 4.09. The third kappa shape index (κ3) is 5.89. The zero-order valence-electron chi connectivity index (χ0n) is 14.9. The van der Waals surface area contributed by atoms with Gasteiger partial charge < -0.3 is 11.1 Å². The summed E-state index contributed by atoms with van der Waals surface area (Å²) in [5.74, 6) is 0.158. The van der Waals surface area contributed by atoms with E-state index in [9.17, 15) is 9.59 Å². The lowest BCUT2D eigenvalue weighted by Crippen LogP contribution is -2.44. The fraction of sp³-hybridized carbons (Fsp3) is 0.438. The molecule has 0 spiro atoms. The highest BCUT2D eigenvalue weighted by atomic mass is 32.1. The Bertz CT molecular complexity index is 844. The summed E-state index contributed by atoms with van der Waals surface area (Å²) in [6.07, 6.45) is 6.26. The number of rotatable bonds is 6. The number of thiocarbonyl (C=S) groups is 1. The molecule has 2 amide bonds. The molecule has 0 aromatic carbocycles. The van der Waals surface area contributed by atoms with Crippen LogP contribution in [0.4, 0.5) is 5.13 Å². The van der Waals surface area contributed by atoms with Gasteiger partial charge >= 0.3 is 0 Å². The first kappa shape index (κ1) is 20.0. The van der Waals surface area contributed by atoms with Gasteiger partial charge in [-0.1, -0.05) is 11.3 Å². The van der Waals surface area contributed by atoms with Gasteiger partial charge in [0.1, 0.15) is 11.3 Å². The molecule has 1 aliphatic carbocycles. The van der Waals surface area contributed by atoms with Crippen LogP contribution in [0.3, 0.4) is 0 Å². The van der Waals surface area contributed by atoms with Crippen LogP contribution in [-0.2, 0) is 16.0 Å². The van der Waals surface area contributed by atoms with Gasteiger partial charge in [0, 0.05) is 18.5 Å². The van der Waals surface area contributed by atoms with Crippen LogP contribution in [0.5, 0.6) is 0 Å². The summed E-state index contributed by atoms with van der Waals surface area (Å²) >= 11 is 6.02. The summed E-state index contributed by atoms with van der Waals surface area (Å²) in [7, 11) is 0. The number of hydrogen-bond donors (Lipinski definition) is 4. The largest absolute Gasteiger partial charge is 0.375 e. The van der Waals surface area contributed by atoms with Crippen LogP contribution < -0.4 is 21.9 Å². The second kappa shape index (κ2) is 9.46. The zero-order valence-corrected chi connectivity index (χ0v) is 16.6. The predicted molar refractivity (Wildman–Crippen MR) is 107 cm³/mol. The molecule has 2 aromatic heterocycles. The molecule has 0 bridgehead atoms. The minimum absolute atomic E-state index is 0.0285. The maximum absolute atomic E-state index is 12.1. The Balaban J connectivity index is 1.47. The van der Waals surface area contributed by atoms with Crippen molar-refractivity contribution in [3.05, 3.63) is 29.3 Å². The van der Waals surface area contributed by atoms with E-state index in [-0.39, 0.29) is 35.2 Å². The molecule has 10 nitrogen and oxygen atoms in total. The lowest BCUT2D eigenvalue weighted by atomic mass is 10.0. The van der Waals surface area contributed by atoms with E-state index in [0.717, 1.165) is 24.3 Å². The highest BCUT2D eigenvalue weighted by molar-refractivity contribution is 7.80. The van der Waals surface area contributed by atoms with E-state index in [1.807, 2.05) is 0 Å². The fourth-order valence-electron chi connectivity index (χ4n) is 3.13.